The molecule has 0 saturated carbocycles. The van der Waals surface area contributed by atoms with E-state index in [0.717, 1.165) is 57.3 Å². The van der Waals surface area contributed by atoms with Crippen LogP contribution in [0.3, 0.4) is 0 Å². The van der Waals surface area contributed by atoms with E-state index >= 15 is 0 Å². The van der Waals surface area contributed by atoms with Crippen LogP contribution in [0.25, 0.3) is 0 Å². The smallest absolute Gasteiger partial charge is 0.255 e. The van der Waals surface area contributed by atoms with Crippen molar-refractivity contribution in [1.82, 2.24) is 4.31 Å². The maximum Gasteiger partial charge on any atom is 0.255 e. The van der Waals surface area contributed by atoms with E-state index in [1.54, 1.807) is 18.2 Å². The molecular formula is C23H28FN3O3S. The summed E-state index contributed by atoms with van der Waals surface area (Å²) < 4.78 is 41.7. The van der Waals surface area contributed by atoms with Crippen molar-refractivity contribution in [2.75, 3.05) is 36.4 Å². The standard InChI is InChI=1S/C23H28FN3O3S/c24-19-15-20(17-21(16-19)26-10-5-6-11-26)25-23(28)18-8-7-9-22(14-18)31(29,30)27-12-3-1-2-4-13-27/h7-9,14-17H,1-6,10-13H2,(H,25,28). The molecule has 1 N–H and O–H groups in total. The number of rotatable bonds is 5. The molecule has 166 valence electrons. The van der Waals surface area contributed by atoms with Crippen LogP contribution < -0.4 is 10.2 Å². The van der Waals surface area contributed by atoms with Crippen LogP contribution in [0, 0.1) is 5.82 Å². The van der Waals surface area contributed by atoms with Gasteiger partial charge in [0.25, 0.3) is 5.91 Å². The third-order valence-electron chi connectivity index (χ3n) is 5.91. The van der Waals surface area contributed by atoms with Gasteiger partial charge in [0, 0.05) is 43.1 Å². The van der Waals surface area contributed by atoms with Crippen molar-refractivity contribution in [2.24, 2.45) is 0 Å². The molecule has 0 atom stereocenters. The largest absolute Gasteiger partial charge is 0.371 e. The van der Waals surface area contributed by atoms with Crippen LogP contribution in [0.2, 0.25) is 0 Å². The van der Waals surface area contributed by atoms with Gasteiger partial charge in [-0.05, 0) is 62.1 Å². The Bertz CT molecular complexity index is 1040. The number of hydrogen-bond donors (Lipinski definition) is 1. The van der Waals surface area contributed by atoms with E-state index in [9.17, 15) is 17.6 Å². The monoisotopic (exact) mass is 445 g/mol. The number of anilines is 2. The lowest BCUT2D eigenvalue weighted by atomic mass is 10.2. The predicted molar refractivity (Wildman–Crippen MR) is 119 cm³/mol. The van der Waals surface area contributed by atoms with Gasteiger partial charge < -0.3 is 10.2 Å². The Morgan fingerprint density at radius 3 is 2.26 bits per heavy atom. The molecular weight excluding hydrogens is 417 g/mol. The normalized spacial score (nSPS) is 18.0. The molecule has 2 fully saturated rings. The first-order chi connectivity index (χ1) is 14.9. The molecule has 2 aromatic rings. The summed E-state index contributed by atoms with van der Waals surface area (Å²) >= 11 is 0. The molecule has 2 heterocycles. The van der Waals surface area contributed by atoms with Crippen molar-refractivity contribution in [2.45, 2.75) is 43.4 Å². The first-order valence-electron chi connectivity index (χ1n) is 10.9. The number of halogens is 1. The highest BCUT2D eigenvalue weighted by Crippen LogP contribution is 2.26. The second-order valence-electron chi connectivity index (χ2n) is 8.19. The van der Waals surface area contributed by atoms with Gasteiger partial charge >= 0.3 is 0 Å². The van der Waals surface area contributed by atoms with E-state index < -0.39 is 21.7 Å². The molecule has 6 nitrogen and oxygen atoms in total. The van der Waals surface area contributed by atoms with Crippen molar-refractivity contribution in [3.8, 4) is 0 Å². The molecule has 0 bridgehead atoms. The van der Waals surface area contributed by atoms with Gasteiger partial charge in [-0.2, -0.15) is 4.31 Å². The van der Waals surface area contributed by atoms with E-state index in [-0.39, 0.29) is 10.5 Å². The highest BCUT2D eigenvalue weighted by molar-refractivity contribution is 7.89. The van der Waals surface area contributed by atoms with Crippen molar-refractivity contribution in [3.63, 3.8) is 0 Å². The minimum Gasteiger partial charge on any atom is -0.371 e. The summed E-state index contributed by atoms with van der Waals surface area (Å²) in [7, 11) is -3.65. The van der Waals surface area contributed by atoms with Gasteiger partial charge in [-0.3, -0.25) is 4.79 Å². The number of carbonyl (C=O) groups is 1. The zero-order valence-corrected chi connectivity index (χ0v) is 18.3. The molecule has 1 amide bonds. The van der Waals surface area contributed by atoms with E-state index in [1.807, 2.05) is 0 Å². The summed E-state index contributed by atoms with van der Waals surface area (Å²) in [6.07, 6.45) is 5.88. The minimum atomic E-state index is -3.65. The molecule has 2 aliphatic heterocycles. The molecule has 0 radical (unpaired) electrons. The second kappa shape index (κ2) is 9.36. The highest BCUT2D eigenvalue weighted by atomic mass is 32.2. The summed E-state index contributed by atoms with van der Waals surface area (Å²) in [5.74, 6) is -0.886. The highest BCUT2D eigenvalue weighted by Gasteiger charge is 2.26. The average molecular weight is 446 g/mol. The maximum atomic E-state index is 14.1. The van der Waals surface area contributed by atoms with Crippen molar-refractivity contribution < 1.29 is 17.6 Å². The number of nitrogens with zero attached hydrogens (tertiary/aromatic N) is 2. The zero-order valence-electron chi connectivity index (χ0n) is 17.5. The first-order valence-corrected chi connectivity index (χ1v) is 12.3. The van der Waals surface area contributed by atoms with Crippen molar-refractivity contribution >= 4 is 27.3 Å². The van der Waals surface area contributed by atoms with E-state index in [0.29, 0.717) is 18.8 Å². The molecule has 4 rings (SSSR count). The fourth-order valence-corrected chi connectivity index (χ4v) is 5.80. The summed E-state index contributed by atoms with van der Waals surface area (Å²) in [6.45, 7) is 2.74. The van der Waals surface area contributed by atoms with Crippen LogP contribution in [0.5, 0.6) is 0 Å². The van der Waals surface area contributed by atoms with Gasteiger partial charge in [-0.1, -0.05) is 18.9 Å². The van der Waals surface area contributed by atoms with Crippen LogP contribution in [0.4, 0.5) is 15.8 Å². The van der Waals surface area contributed by atoms with Gasteiger partial charge in [0.15, 0.2) is 0 Å². The van der Waals surface area contributed by atoms with Gasteiger partial charge in [0.05, 0.1) is 4.90 Å². The summed E-state index contributed by atoms with van der Waals surface area (Å²) in [5.41, 5.74) is 1.32. The second-order valence-corrected chi connectivity index (χ2v) is 10.1. The van der Waals surface area contributed by atoms with Crippen LogP contribution in [0.1, 0.15) is 48.9 Å². The lowest BCUT2D eigenvalue weighted by Crippen LogP contribution is -2.32. The quantitative estimate of drug-likeness (QED) is 0.747. The Hall–Kier alpha value is -2.45. The summed E-state index contributed by atoms with van der Waals surface area (Å²) in [5, 5.41) is 2.72. The van der Waals surface area contributed by atoms with Gasteiger partial charge in [0.2, 0.25) is 10.0 Å². The SMILES string of the molecule is O=C(Nc1cc(F)cc(N2CCCC2)c1)c1cccc(S(=O)(=O)N2CCCCCC2)c1. The molecule has 8 heteroatoms. The summed E-state index contributed by atoms with van der Waals surface area (Å²) in [4.78, 5) is 15.0. The summed E-state index contributed by atoms with van der Waals surface area (Å²) in [6, 6.07) is 10.5. The zero-order chi connectivity index (χ0) is 21.8. The predicted octanol–water partition coefficient (Wildman–Crippen LogP) is 4.24. The molecule has 0 aliphatic carbocycles. The van der Waals surface area contributed by atoms with Crippen LogP contribution in [-0.2, 0) is 10.0 Å². The van der Waals surface area contributed by atoms with Crippen LogP contribution in [-0.4, -0.2) is 44.8 Å². The number of carbonyl (C=O) groups excluding carboxylic acids is 1. The van der Waals surface area contributed by atoms with Crippen molar-refractivity contribution in [1.29, 1.82) is 0 Å². The van der Waals surface area contributed by atoms with Gasteiger partial charge in [0.1, 0.15) is 5.82 Å². The Morgan fingerprint density at radius 2 is 1.55 bits per heavy atom. The number of sulfonamides is 1. The maximum absolute atomic E-state index is 14.1. The number of hydrogen-bond acceptors (Lipinski definition) is 4. The average Bonchev–Trinajstić information content (AvgIpc) is 3.15. The fraction of sp³-hybridized carbons (Fsp3) is 0.435. The molecule has 2 aromatic carbocycles. The number of amides is 1. The topological polar surface area (TPSA) is 69.7 Å². The van der Waals surface area contributed by atoms with Crippen LogP contribution in [0.15, 0.2) is 47.4 Å². The van der Waals surface area contributed by atoms with E-state index in [1.165, 1.54) is 28.6 Å². The van der Waals surface area contributed by atoms with Crippen LogP contribution >= 0.6 is 0 Å². The fourth-order valence-electron chi connectivity index (χ4n) is 4.24. The number of nitrogens with one attached hydrogen (secondary N) is 1. The Morgan fingerprint density at radius 1 is 0.871 bits per heavy atom. The van der Waals surface area contributed by atoms with Crippen molar-refractivity contribution in [3.05, 3.63) is 53.8 Å². The van der Waals surface area contributed by atoms with Gasteiger partial charge in [-0.25, -0.2) is 12.8 Å². The Labute approximate surface area is 183 Å². The third kappa shape index (κ3) is 5.07. The number of benzene rings is 2. The van der Waals surface area contributed by atoms with E-state index in [2.05, 4.69) is 10.2 Å². The Kier molecular flexibility index (Phi) is 6.57. The minimum absolute atomic E-state index is 0.110. The Balaban J connectivity index is 1.53. The van der Waals surface area contributed by atoms with Gasteiger partial charge in [-0.15, -0.1) is 0 Å². The van der Waals surface area contributed by atoms with E-state index in [4.69, 9.17) is 0 Å². The lowest BCUT2D eigenvalue weighted by molar-refractivity contribution is 0.102. The molecule has 2 saturated heterocycles. The molecule has 2 aliphatic rings. The lowest BCUT2D eigenvalue weighted by Gasteiger charge is -2.20. The molecule has 31 heavy (non-hydrogen) atoms. The first kappa shape index (κ1) is 21.8. The molecule has 0 aromatic heterocycles. The molecule has 0 spiro atoms. The third-order valence-corrected chi connectivity index (χ3v) is 7.81. The molecule has 0 unspecified atom stereocenters.